The highest BCUT2D eigenvalue weighted by Crippen LogP contribution is 2.41. The van der Waals surface area contributed by atoms with Crippen LogP contribution in [0.4, 0.5) is 8.78 Å². The fourth-order valence-electron chi connectivity index (χ4n) is 1.38. The molecule has 0 saturated heterocycles. The van der Waals surface area contributed by atoms with Crippen molar-refractivity contribution in [3.8, 4) is 0 Å². The first-order valence-electron chi connectivity index (χ1n) is 4.53. The Morgan fingerprint density at radius 3 is 2.29 bits per heavy atom. The van der Waals surface area contributed by atoms with Crippen molar-refractivity contribution in [1.29, 1.82) is 0 Å². The number of alkyl halides is 1. The minimum Gasteiger partial charge on any atom is -0.207 e. The molecule has 1 aromatic carbocycles. The van der Waals surface area contributed by atoms with Crippen molar-refractivity contribution in [2.75, 3.05) is 0 Å². The SMILES string of the molecule is Fc1cccc(F)c1C(Cl)c1cc(Cl)c(Br)s1. The van der Waals surface area contributed by atoms with Gasteiger partial charge in [-0.05, 0) is 34.1 Å². The lowest BCUT2D eigenvalue weighted by molar-refractivity contribution is 0.560. The van der Waals surface area contributed by atoms with E-state index in [0.717, 1.165) is 0 Å². The smallest absolute Gasteiger partial charge is 0.131 e. The van der Waals surface area contributed by atoms with E-state index in [4.69, 9.17) is 23.2 Å². The van der Waals surface area contributed by atoms with E-state index in [-0.39, 0.29) is 5.56 Å². The normalized spacial score (nSPS) is 12.8. The van der Waals surface area contributed by atoms with E-state index in [1.807, 2.05) is 0 Å². The molecule has 0 aliphatic heterocycles. The Hall–Kier alpha value is -0.160. The minimum atomic E-state index is -0.884. The fourth-order valence-corrected chi connectivity index (χ4v) is 3.52. The molecule has 0 aliphatic rings. The first-order valence-corrected chi connectivity index (χ1v) is 6.96. The summed E-state index contributed by atoms with van der Waals surface area (Å²) >= 11 is 16.4. The zero-order valence-corrected chi connectivity index (χ0v) is 12.1. The summed E-state index contributed by atoms with van der Waals surface area (Å²) in [4.78, 5) is 0.590. The maximum atomic E-state index is 13.5. The zero-order valence-electron chi connectivity index (χ0n) is 8.18. The van der Waals surface area contributed by atoms with E-state index in [0.29, 0.717) is 13.7 Å². The van der Waals surface area contributed by atoms with Gasteiger partial charge in [-0.15, -0.1) is 22.9 Å². The van der Waals surface area contributed by atoms with Crippen LogP contribution in [-0.2, 0) is 0 Å². The molecule has 0 bridgehead atoms. The van der Waals surface area contributed by atoms with Gasteiger partial charge >= 0.3 is 0 Å². The summed E-state index contributed by atoms with van der Waals surface area (Å²) in [5.41, 5.74) is -0.153. The van der Waals surface area contributed by atoms with Crippen molar-refractivity contribution in [1.82, 2.24) is 0 Å². The zero-order chi connectivity index (χ0) is 12.6. The molecular formula is C11H5BrCl2F2S. The Labute approximate surface area is 119 Å². The molecule has 90 valence electrons. The highest BCUT2D eigenvalue weighted by Gasteiger charge is 2.22. The van der Waals surface area contributed by atoms with Gasteiger partial charge in [0, 0.05) is 10.4 Å². The molecule has 1 unspecified atom stereocenters. The molecule has 1 heterocycles. The van der Waals surface area contributed by atoms with Gasteiger partial charge in [0.1, 0.15) is 11.6 Å². The van der Waals surface area contributed by atoms with Crippen LogP contribution in [-0.4, -0.2) is 0 Å². The monoisotopic (exact) mass is 356 g/mol. The van der Waals surface area contributed by atoms with Gasteiger partial charge in [-0.1, -0.05) is 17.7 Å². The maximum Gasteiger partial charge on any atom is 0.131 e. The molecule has 1 atom stereocenters. The summed E-state index contributed by atoms with van der Waals surface area (Å²) in [6.45, 7) is 0. The molecule has 1 aromatic heterocycles. The van der Waals surface area contributed by atoms with Gasteiger partial charge in [-0.3, -0.25) is 0 Å². The summed E-state index contributed by atoms with van der Waals surface area (Å²) in [5.74, 6) is -1.32. The van der Waals surface area contributed by atoms with Crippen molar-refractivity contribution in [2.24, 2.45) is 0 Å². The quantitative estimate of drug-likeness (QED) is 0.598. The number of hydrogen-bond acceptors (Lipinski definition) is 1. The molecule has 0 nitrogen and oxygen atoms in total. The first-order chi connectivity index (χ1) is 8.00. The molecule has 0 radical (unpaired) electrons. The second-order valence-corrected chi connectivity index (χ2v) is 6.51. The van der Waals surface area contributed by atoms with Crippen LogP contribution in [0.15, 0.2) is 28.1 Å². The number of thiophene rings is 1. The summed E-state index contributed by atoms with van der Waals surface area (Å²) in [7, 11) is 0. The van der Waals surface area contributed by atoms with Crippen LogP contribution in [0.3, 0.4) is 0 Å². The first kappa shape index (κ1) is 13.3. The van der Waals surface area contributed by atoms with E-state index in [1.54, 1.807) is 6.07 Å². The average Bonchev–Trinajstić information content (AvgIpc) is 2.59. The summed E-state index contributed by atoms with van der Waals surface area (Å²) in [6, 6.07) is 5.26. The molecular weight excluding hydrogens is 353 g/mol. The molecule has 0 N–H and O–H groups in total. The third kappa shape index (κ3) is 2.65. The predicted octanol–water partition coefficient (Wildman–Crippen LogP) is 5.77. The van der Waals surface area contributed by atoms with Crippen molar-refractivity contribution in [3.63, 3.8) is 0 Å². The van der Waals surface area contributed by atoms with Crippen LogP contribution in [0.1, 0.15) is 15.8 Å². The van der Waals surface area contributed by atoms with Crippen LogP contribution < -0.4 is 0 Å². The molecule has 2 rings (SSSR count). The predicted molar refractivity (Wildman–Crippen MR) is 71.1 cm³/mol. The highest BCUT2D eigenvalue weighted by molar-refractivity contribution is 9.11. The summed E-state index contributed by atoms with van der Waals surface area (Å²) in [6.07, 6.45) is 0. The number of hydrogen-bond donors (Lipinski definition) is 0. The fraction of sp³-hybridized carbons (Fsp3) is 0.0909. The van der Waals surface area contributed by atoms with Gasteiger partial charge < -0.3 is 0 Å². The molecule has 17 heavy (non-hydrogen) atoms. The summed E-state index contributed by atoms with van der Waals surface area (Å²) in [5, 5.41) is -0.405. The van der Waals surface area contributed by atoms with Crippen molar-refractivity contribution in [3.05, 3.63) is 55.1 Å². The maximum absolute atomic E-state index is 13.5. The van der Waals surface area contributed by atoms with E-state index >= 15 is 0 Å². The van der Waals surface area contributed by atoms with Crippen molar-refractivity contribution >= 4 is 50.5 Å². The second-order valence-electron chi connectivity index (χ2n) is 3.27. The molecule has 0 spiro atoms. The Kier molecular flexibility index (Phi) is 4.08. The molecule has 0 fully saturated rings. The third-order valence-electron chi connectivity index (χ3n) is 2.17. The average molecular weight is 358 g/mol. The summed E-state index contributed by atoms with van der Waals surface area (Å²) < 4.78 is 27.7. The largest absolute Gasteiger partial charge is 0.207 e. The Balaban J connectivity index is 2.47. The number of benzene rings is 1. The van der Waals surface area contributed by atoms with Gasteiger partial charge in [0.05, 0.1) is 14.2 Å². The highest BCUT2D eigenvalue weighted by atomic mass is 79.9. The molecule has 6 heteroatoms. The van der Waals surface area contributed by atoms with Gasteiger partial charge in [0.15, 0.2) is 0 Å². The molecule has 0 amide bonds. The van der Waals surface area contributed by atoms with Gasteiger partial charge in [0.25, 0.3) is 0 Å². The minimum absolute atomic E-state index is 0.153. The van der Waals surface area contributed by atoms with Crippen molar-refractivity contribution in [2.45, 2.75) is 5.38 Å². The van der Waals surface area contributed by atoms with Crippen LogP contribution in [0.2, 0.25) is 5.02 Å². The lowest BCUT2D eigenvalue weighted by Gasteiger charge is -2.09. The lowest BCUT2D eigenvalue weighted by Crippen LogP contribution is -1.98. The van der Waals surface area contributed by atoms with E-state index in [1.165, 1.54) is 29.5 Å². The molecule has 2 aromatic rings. The standard InChI is InChI=1S/C11H5BrCl2F2S/c12-11-5(13)4-8(17-11)10(14)9-6(15)2-1-3-7(9)16/h1-4,10H. The van der Waals surface area contributed by atoms with Crippen molar-refractivity contribution < 1.29 is 8.78 Å². The van der Waals surface area contributed by atoms with E-state index < -0.39 is 17.0 Å². The third-order valence-corrected chi connectivity index (χ3v) is 5.29. The molecule has 0 aliphatic carbocycles. The Morgan fingerprint density at radius 2 is 1.82 bits per heavy atom. The second kappa shape index (κ2) is 5.22. The van der Waals surface area contributed by atoms with Gasteiger partial charge in [-0.25, -0.2) is 8.78 Å². The van der Waals surface area contributed by atoms with Gasteiger partial charge in [-0.2, -0.15) is 0 Å². The van der Waals surface area contributed by atoms with Crippen LogP contribution in [0.5, 0.6) is 0 Å². The molecule has 0 saturated carbocycles. The van der Waals surface area contributed by atoms with Crippen LogP contribution in [0.25, 0.3) is 0 Å². The Morgan fingerprint density at radius 1 is 1.24 bits per heavy atom. The number of rotatable bonds is 2. The van der Waals surface area contributed by atoms with Crippen LogP contribution in [0, 0.1) is 11.6 Å². The van der Waals surface area contributed by atoms with E-state index in [2.05, 4.69) is 15.9 Å². The lowest BCUT2D eigenvalue weighted by atomic mass is 10.1. The van der Waals surface area contributed by atoms with Gasteiger partial charge in [0.2, 0.25) is 0 Å². The Bertz CT molecular complexity index is 517. The number of halogens is 5. The van der Waals surface area contributed by atoms with Crippen LogP contribution >= 0.6 is 50.5 Å². The topological polar surface area (TPSA) is 0 Å². The van der Waals surface area contributed by atoms with E-state index in [9.17, 15) is 8.78 Å².